The van der Waals surface area contributed by atoms with Gasteiger partial charge in [0.2, 0.25) is 5.91 Å². The molecule has 0 aliphatic carbocycles. The Kier molecular flexibility index (Phi) is 8.58. The lowest BCUT2D eigenvalue weighted by atomic mass is 10.0. The van der Waals surface area contributed by atoms with E-state index in [-0.39, 0.29) is 35.0 Å². The lowest BCUT2D eigenvalue weighted by Crippen LogP contribution is -2.33. The number of hydrogen-bond donors (Lipinski definition) is 2. The molecule has 3 aromatic rings. The average molecular weight is 497 g/mol. The summed E-state index contributed by atoms with van der Waals surface area (Å²) < 4.78 is 1.86. The SMILES string of the molecule is CCn1c(SCC(=O)Nc2ccccc2[N+](=O)[O-])nnc1[C@@H](NC(=O)c1ccc(C)cc1)C(C)C. The maximum Gasteiger partial charge on any atom is 0.292 e. The lowest BCUT2D eigenvalue weighted by molar-refractivity contribution is -0.383. The second kappa shape index (κ2) is 11.6. The van der Waals surface area contributed by atoms with Gasteiger partial charge in [-0.05, 0) is 38.0 Å². The van der Waals surface area contributed by atoms with Gasteiger partial charge in [-0.15, -0.1) is 10.2 Å². The molecule has 0 aliphatic heterocycles. The molecule has 11 heteroatoms. The summed E-state index contributed by atoms with van der Waals surface area (Å²) in [7, 11) is 0. The fourth-order valence-electron chi connectivity index (χ4n) is 3.45. The van der Waals surface area contributed by atoms with Gasteiger partial charge in [0.25, 0.3) is 11.6 Å². The Morgan fingerprint density at radius 3 is 2.43 bits per heavy atom. The number of thioether (sulfide) groups is 1. The highest BCUT2D eigenvalue weighted by Gasteiger charge is 2.26. The monoisotopic (exact) mass is 496 g/mol. The molecule has 3 rings (SSSR count). The molecule has 2 N–H and O–H groups in total. The van der Waals surface area contributed by atoms with Gasteiger partial charge in [0.15, 0.2) is 11.0 Å². The molecule has 0 fully saturated rings. The van der Waals surface area contributed by atoms with Crippen molar-refractivity contribution in [1.29, 1.82) is 0 Å². The average Bonchev–Trinajstić information content (AvgIpc) is 3.24. The Bertz CT molecular complexity index is 1210. The predicted octanol–water partition coefficient (Wildman–Crippen LogP) is 4.37. The van der Waals surface area contributed by atoms with Crippen LogP contribution in [0.5, 0.6) is 0 Å². The highest BCUT2D eigenvalue weighted by molar-refractivity contribution is 7.99. The molecule has 35 heavy (non-hydrogen) atoms. The molecule has 0 spiro atoms. The Balaban J connectivity index is 1.72. The summed E-state index contributed by atoms with van der Waals surface area (Å²) in [5.74, 6) is 0.0342. The van der Waals surface area contributed by atoms with Gasteiger partial charge < -0.3 is 15.2 Å². The number of nitrogens with zero attached hydrogens (tertiary/aromatic N) is 4. The summed E-state index contributed by atoms with van der Waals surface area (Å²) in [5.41, 5.74) is 1.60. The van der Waals surface area contributed by atoms with Gasteiger partial charge in [-0.2, -0.15) is 0 Å². The molecule has 0 aliphatic rings. The zero-order valence-corrected chi connectivity index (χ0v) is 20.8. The third-order valence-corrected chi connectivity index (χ3v) is 6.28. The molecule has 184 valence electrons. The molecule has 1 atom stereocenters. The first kappa shape index (κ1) is 25.9. The smallest absolute Gasteiger partial charge is 0.292 e. The Labute approximate surface area is 207 Å². The van der Waals surface area contributed by atoms with E-state index in [4.69, 9.17) is 0 Å². The molecule has 1 heterocycles. The van der Waals surface area contributed by atoms with Gasteiger partial charge in [0.1, 0.15) is 5.69 Å². The van der Waals surface area contributed by atoms with Crippen LogP contribution in [0.3, 0.4) is 0 Å². The number of aromatic nitrogens is 3. The fraction of sp³-hybridized carbons (Fsp3) is 0.333. The molecule has 10 nitrogen and oxygen atoms in total. The number of aryl methyl sites for hydroxylation is 1. The summed E-state index contributed by atoms with van der Waals surface area (Å²) in [6.07, 6.45) is 0. The van der Waals surface area contributed by atoms with E-state index in [1.807, 2.05) is 44.4 Å². The molecule has 0 saturated heterocycles. The van der Waals surface area contributed by atoms with Gasteiger partial charge >= 0.3 is 0 Å². The Morgan fingerprint density at radius 1 is 1.11 bits per heavy atom. The van der Waals surface area contributed by atoms with Crippen LogP contribution in [0.15, 0.2) is 53.7 Å². The molecule has 2 aromatic carbocycles. The number of amides is 2. The first-order valence-electron chi connectivity index (χ1n) is 11.2. The van der Waals surface area contributed by atoms with Gasteiger partial charge in [0.05, 0.1) is 16.7 Å². The first-order valence-corrected chi connectivity index (χ1v) is 12.2. The number of carbonyl (C=O) groups is 2. The van der Waals surface area contributed by atoms with E-state index in [0.717, 1.165) is 5.56 Å². The molecule has 0 radical (unpaired) electrons. The lowest BCUT2D eigenvalue weighted by Gasteiger charge is -2.22. The second-order valence-electron chi connectivity index (χ2n) is 8.26. The molecule has 0 saturated carbocycles. The van der Waals surface area contributed by atoms with E-state index in [1.165, 1.54) is 30.0 Å². The van der Waals surface area contributed by atoms with Crippen molar-refractivity contribution < 1.29 is 14.5 Å². The maximum absolute atomic E-state index is 12.8. The van der Waals surface area contributed by atoms with Crippen LogP contribution in [0, 0.1) is 23.0 Å². The highest BCUT2D eigenvalue weighted by Crippen LogP contribution is 2.27. The number of anilines is 1. The largest absolute Gasteiger partial charge is 0.342 e. The van der Waals surface area contributed by atoms with Crippen LogP contribution >= 0.6 is 11.8 Å². The number of nitro benzene ring substituents is 1. The van der Waals surface area contributed by atoms with Gasteiger partial charge in [-0.1, -0.05) is 55.4 Å². The van der Waals surface area contributed by atoms with Crippen LogP contribution in [-0.4, -0.2) is 37.3 Å². The summed E-state index contributed by atoms with van der Waals surface area (Å²) in [5, 5.41) is 25.9. The predicted molar refractivity (Wildman–Crippen MR) is 134 cm³/mol. The zero-order valence-electron chi connectivity index (χ0n) is 20.0. The normalized spacial score (nSPS) is 11.8. The van der Waals surface area contributed by atoms with Crippen molar-refractivity contribution in [1.82, 2.24) is 20.1 Å². The van der Waals surface area contributed by atoms with E-state index in [9.17, 15) is 19.7 Å². The molecular weight excluding hydrogens is 468 g/mol. The summed E-state index contributed by atoms with van der Waals surface area (Å²) >= 11 is 1.17. The summed E-state index contributed by atoms with van der Waals surface area (Å²) in [6.45, 7) is 8.41. The van der Waals surface area contributed by atoms with Crippen LogP contribution in [0.1, 0.15) is 48.6 Å². The number of carbonyl (C=O) groups excluding carboxylic acids is 2. The van der Waals surface area contributed by atoms with Crippen LogP contribution in [-0.2, 0) is 11.3 Å². The third-order valence-electron chi connectivity index (χ3n) is 5.31. The minimum Gasteiger partial charge on any atom is -0.342 e. The van der Waals surface area contributed by atoms with Crippen molar-refractivity contribution in [3.8, 4) is 0 Å². The number of hydrogen-bond acceptors (Lipinski definition) is 7. The van der Waals surface area contributed by atoms with E-state index in [1.54, 1.807) is 18.2 Å². The topological polar surface area (TPSA) is 132 Å². The van der Waals surface area contributed by atoms with Crippen LogP contribution in [0.2, 0.25) is 0 Å². The van der Waals surface area contributed by atoms with Crippen molar-refractivity contribution in [3.63, 3.8) is 0 Å². The Hall–Kier alpha value is -3.73. The van der Waals surface area contributed by atoms with Crippen molar-refractivity contribution in [3.05, 3.63) is 75.6 Å². The fourth-order valence-corrected chi connectivity index (χ4v) is 4.26. The Morgan fingerprint density at radius 2 is 1.80 bits per heavy atom. The van der Waals surface area contributed by atoms with Gasteiger partial charge in [-0.3, -0.25) is 19.7 Å². The number of nitro groups is 1. The quantitative estimate of drug-likeness (QED) is 0.242. The van der Waals surface area contributed by atoms with Gasteiger partial charge in [0, 0.05) is 18.2 Å². The van der Waals surface area contributed by atoms with Crippen molar-refractivity contribution >= 4 is 35.0 Å². The van der Waals surface area contributed by atoms with Gasteiger partial charge in [-0.25, -0.2) is 0 Å². The second-order valence-corrected chi connectivity index (χ2v) is 9.20. The number of benzene rings is 2. The van der Waals surface area contributed by atoms with E-state index < -0.39 is 10.8 Å². The van der Waals surface area contributed by atoms with Crippen LogP contribution in [0.4, 0.5) is 11.4 Å². The van der Waals surface area contributed by atoms with Crippen molar-refractivity contribution in [2.24, 2.45) is 5.92 Å². The van der Waals surface area contributed by atoms with Crippen LogP contribution < -0.4 is 10.6 Å². The van der Waals surface area contributed by atoms with Crippen LogP contribution in [0.25, 0.3) is 0 Å². The number of nitrogens with one attached hydrogen (secondary N) is 2. The van der Waals surface area contributed by atoms with Crippen molar-refractivity contribution in [2.45, 2.75) is 45.4 Å². The number of para-hydroxylation sites is 2. The minimum atomic E-state index is -0.542. The highest BCUT2D eigenvalue weighted by atomic mass is 32.2. The minimum absolute atomic E-state index is 0.00769. The first-order chi connectivity index (χ1) is 16.7. The van der Waals surface area contributed by atoms with E-state index >= 15 is 0 Å². The zero-order chi connectivity index (χ0) is 25.5. The number of rotatable bonds is 10. The molecule has 0 bridgehead atoms. The summed E-state index contributed by atoms with van der Waals surface area (Å²) in [4.78, 5) is 35.9. The molecule has 1 aromatic heterocycles. The third kappa shape index (κ3) is 6.44. The van der Waals surface area contributed by atoms with E-state index in [0.29, 0.717) is 23.1 Å². The van der Waals surface area contributed by atoms with E-state index in [2.05, 4.69) is 20.8 Å². The molecule has 0 unspecified atom stereocenters. The standard InChI is InChI=1S/C24H28N6O4S/c1-5-29-22(21(15(2)3)26-23(32)17-12-10-16(4)11-13-17)27-28-24(29)35-14-20(31)25-18-8-6-7-9-19(18)30(33)34/h6-13,15,21H,5,14H2,1-4H3,(H,25,31)(H,26,32)/t21-/m0/s1. The molecular formula is C24H28N6O4S. The maximum atomic E-state index is 12.8. The van der Waals surface area contributed by atoms with Crippen molar-refractivity contribution in [2.75, 3.05) is 11.1 Å². The molecule has 2 amide bonds. The summed E-state index contributed by atoms with van der Waals surface area (Å²) in [6, 6.07) is 12.9.